The van der Waals surface area contributed by atoms with Crippen LogP contribution in [0.25, 0.3) is 0 Å². The number of carbonyl (C=O) groups is 1. The largest absolute Gasteiger partial charge is 0.295 e. The summed E-state index contributed by atoms with van der Waals surface area (Å²) in [4.78, 5) is 11.4. The summed E-state index contributed by atoms with van der Waals surface area (Å²) < 4.78 is 0. The van der Waals surface area contributed by atoms with E-state index in [2.05, 4.69) is 19.1 Å². The van der Waals surface area contributed by atoms with Gasteiger partial charge in [0.15, 0.2) is 5.78 Å². The number of ketones is 1. The molecule has 2 saturated carbocycles. The van der Waals surface area contributed by atoms with Crippen molar-refractivity contribution in [3.8, 4) is 0 Å². The van der Waals surface area contributed by atoms with Crippen molar-refractivity contribution in [3.05, 3.63) is 35.4 Å². The molecule has 0 aliphatic heterocycles. The molecule has 0 aromatic heterocycles. The first-order chi connectivity index (χ1) is 11.7. The molecule has 0 saturated heterocycles. The molecule has 0 radical (unpaired) electrons. The van der Waals surface area contributed by atoms with Gasteiger partial charge in [-0.15, -0.1) is 0 Å². The first-order valence-electron chi connectivity index (χ1n) is 10.3. The number of rotatable bonds is 5. The van der Waals surface area contributed by atoms with Gasteiger partial charge < -0.3 is 0 Å². The predicted molar refractivity (Wildman–Crippen MR) is 102 cm³/mol. The Morgan fingerprint density at radius 2 is 1.42 bits per heavy atom. The fourth-order valence-electron chi connectivity index (χ4n) is 5.27. The fraction of sp³-hybridized carbons (Fsp3) is 0.696. The lowest BCUT2D eigenvalue weighted by Crippen LogP contribution is -2.25. The van der Waals surface area contributed by atoms with E-state index in [1.807, 2.05) is 12.1 Å². The van der Waals surface area contributed by atoms with E-state index in [1.54, 1.807) is 6.92 Å². The third-order valence-corrected chi connectivity index (χ3v) is 6.82. The van der Waals surface area contributed by atoms with Gasteiger partial charge in [-0.05, 0) is 74.7 Å². The van der Waals surface area contributed by atoms with E-state index in [-0.39, 0.29) is 5.78 Å². The van der Waals surface area contributed by atoms with Crippen LogP contribution < -0.4 is 0 Å². The van der Waals surface area contributed by atoms with Gasteiger partial charge >= 0.3 is 0 Å². The average Bonchev–Trinajstić information content (AvgIpc) is 2.63. The maximum Gasteiger partial charge on any atom is 0.159 e. The first-order valence-corrected chi connectivity index (χ1v) is 10.3. The first kappa shape index (κ1) is 17.7. The summed E-state index contributed by atoms with van der Waals surface area (Å²) >= 11 is 0. The molecule has 3 rings (SSSR count). The second kappa shape index (κ2) is 8.32. The van der Waals surface area contributed by atoms with Gasteiger partial charge in [0.25, 0.3) is 0 Å². The van der Waals surface area contributed by atoms with Gasteiger partial charge in [-0.2, -0.15) is 0 Å². The van der Waals surface area contributed by atoms with Crippen LogP contribution in [-0.2, 0) is 0 Å². The molecule has 2 aliphatic rings. The highest BCUT2D eigenvalue weighted by atomic mass is 16.1. The Balaban J connectivity index is 1.48. The average molecular weight is 327 g/mol. The van der Waals surface area contributed by atoms with E-state index >= 15 is 0 Å². The molecule has 0 amide bonds. The van der Waals surface area contributed by atoms with Crippen LogP contribution in [0.2, 0.25) is 0 Å². The van der Waals surface area contributed by atoms with Crippen molar-refractivity contribution in [2.45, 2.75) is 84.0 Å². The number of Topliss-reactive ketones (excluding diaryl/α,β-unsaturated/α-hetero) is 1. The molecule has 0 bridgehead atoms. The highest BCUT2D eigenvalue weighted by molar-refractivity contribution is 5.94. The zero-order valence-corrected chi connectivity index (χ0v) is 15.6. The molecule has 2 aliphatic carbocycles. The minimum absolute atomic E-state index is 0.170. The summed E-state index contributed by atoms with van der Waals surface area (Å²) in [5, 5.41) is 0. The number of hydrogen-bond acceptors (Lipinski definition) is 1. The molecule has 24 heavy (non-hydrogen) atoms. The topological polar surface area (TPSA) is 17.1 Å². The molecule has 1 nitrogen and oxygen atoms in total. The van der Waals surface area contributed by atoms with Gasteiger partial charge in [0.2, 0.25) is 0 Å². The van der Waals surface area contributed by atoms with Gasteiger partial charge in [-0.3, -0.25) is 4.79 Å². The van der Waals surface area contributed by atoms with Crippen LogP contribution in [0.4, 0.5) is 0 Å². The molecule has 0 N–H and O–H groups in total. The quantitative estimate of drug-likeness (QED) is 0.546. The maximum atomic E-state index is 11.4. The molecule has 1 aromatic carbocycles. The van der Waals surface area contributed by atoms with E-state index in [0.717, 1.165) is 29.2 Å². The molecule has 1 heteroatoms. The van der Waals surface area contributed by atoms with Gasteiger partial charge in [-0.1, -0.05) is 56.9 Å². The van der Waals surface area contributed by atoms with E-state index in [4.69, 9.17) is 0 Å². The predicted octanol–water partition coefficient (Wildman–Crippen LogP) is 6.77. The van der Waals surface area contributed by atoms with Crippen LogP contribution in [0.15, 0.2) is 24.3 Å². The number of benzene rings is 1. The lowest BCUT2D eigenvalue weighted by molar-refractivity contribution is 0.101. The minimum atomic E-state index is 0.170. The molecule has 2 fully saturated rings. The van der Waals surface area contributed by atoms with Gasteiger partial charge in [0, 0.05) is 5.56 Å². The van der Waals surface area contributed by atoms with Crippen LogP contribution >= 0.6 is 0 Å². The lowest BCUT2D eigenvalue weighted by Gasteiger charge is -2.38. The molecular weight excluding hydrogens is 292 g/mol. The molecule has 132 valence electrons. The minimum Gasteiger partial charge on any atom is -0.295 e. The van der Waals surface area contributed by atoms with Crippen LogP contribution in [0, 0.1) is 17.8 Å². The standard InChI is InChI=1S/C23H34O/c1-3-4-18-5-7-20(8-6-18)22-13-15-23(16-14-22)21-11-9-19(10-12-21)17(2)24/h9-12,18,20,22-23H,3-8,13-16H2,1-2H3/t18-,20-,22-,23-. The SMILES string of the molecule is CCC[C@H]1CC[C@H]([C@H]2CC[C@H](c3ccc(C(C)=O)cc3)CC2)CC1. The summed E-state index contributed by atoms with van der Waals surface area (Å²) in [6, 6.07) is 8.41. The second-order valence-corrected chi connectivity index (χ2v) is 8.36. The Morgan fingerprint density at radius 1 is 0.875 bits per heavy atom. The monoisotopic (exact) mass is 326 g/mol. The summed E-state index contributed by atoms with van der Waals surface area (Å²) in [6.45, 7) is 3.98. The highest BCUT2D eigenvalue weighted by Gasteiger charge is 2.31. The molecular formula is C23H34O. The van der Waals surface area contributed by atoms with Crippen molar-refractivity contribution < 1.29 is 4.79 Å². The van der Waals surface area contributed by atoms with Crippen molar-refractivity contribution in [2.24, 2.45) is 17.8 Å². The summed E-state index contributed by atoms with van der Waals surface area (Å²) in [6.07, 6.45) is 14.3. The Kier molecular flexibility index (Phi) is 6.14. The van der Waals surface area contributed by atoms with Crippen molar-refractivity contribution in [1.82, 2.24) is 0 Å². The molecule has 1 aromatic rings. The third kappa shape index (κ3) is 4.29. The molecule has 0 heterocycles. The van der Waals surface area contributed by atoms with E-state index in [9.17, 15) is 4.79 Å². The highest BCUT2D eigenvalue weighted by Crippen LogP contribution is 2.44. The second-order valence-electron chi connectivity index (χ2n) is 8.36. The molecule has 0 atom stereocenters. The Hall–Kier alpha value is -1.11. The van der Waals surface area contributed by atoms with E-state index in [1.165, 1.54) is 69.8 Å². The normalized spacial score (nSPS) is 30.9. The van der Waals surface area contributed by atoms with Gasteiger partial charge in [-0.25, -0.2) is 0 Å². The summed E-state index contributed by atoms with van der Waals surface area (Å²) in [5.41, 5.74) is 2.29. The number of carbonyl (C=O) groups excluding carboxylic acids is 1. The maximum absolute atomic E-state index is 11.4. The van der Waals surface area contributed by atoms with Crippen LogP contribution in [0.3, 0.4) is 0 Å². The number of hydrogen-bond donors (Lipinski definition) is 0. The van der Waals surface area contributed by atoms with Crippen molar-refractivity contribution in [1.29, 1.82) is 0 Å². The van der Waals surface area contributed by atoms with Crippen LogP contribution in [0.1, 0.15) is 99.9 Å². The van der Waals surface area contributed by atoms with Crippen LogP contribution in [-0.4, -0.2) is 5.78 Å². The van der Waals surface area contributed by atoms with E-state index in [0.29, 0.717) is 0 Å². The Bertz CT molecular complexity index is 513. The van der Waals surface area contributed by atoms with Gasteiger partial charge in [0.05, 0.1) is 0 Å². The lowest BCUT2D eigenvalue weighted by atomic mass is 9.68. The fourth-order valence-corrected chi connectivity index (χ4v) is 5.27. The van der Waals surface area contributed by atoms with Crippen molar-refractivity contribution in [2.75, 3.05) is 0 Å². The molecule has 0 spiro atoms. The van der Waals surface area contributed by atoms with Gasteiger partial charge in [0.1, 0.15) is 0 Å². The Morgan fingerprint density at radius 3 is 1.92 bits per heavy atom. The summed E-state index contributed by atoms with van der Waals surface area (Å²) in [5.74, 6) is 3.92. The van der Waals surface area contributed by atoms with Crippen molar-refractivity contribution >= 4 is 5.78 Å². The molecule has 0 unspecified atom stereocenters. The zero-order valence-electron chi connectivity index (χ0n) is 15.6. The Labute approximate surface area is 148 Å². The van der Waals surface area contributed by atoms with E-state index < -0.39 is 0 Å². The third-order valence-electron chi connectivity index (χ3n) is 6.82. The van der Waals surface area contributed by atoms with Crippen molar-refractivity contribution in [3.63, 3.8) is 0 Å². The zero-order chi connectivity index (χ0) is 16.9. The smallest absolute Gasteiger partial charge is 0.159 e. The van der Waals surface area contributed by atoms with Crippen LogP contribution in [0.5, 0.6) is 0 Å². The summed E-state index contributed by atoms with van der Waals surface area (Å²) in [7, 11) is 0.